The van der Waals surface area contributed by atoms with Crippen LogP contribution in [-0.4, -0.2) is 94.1 Å². The highest BCUT2D eigenvalue weighted by molar-refractivity contribution is 8.00. The van der Waals surface area contributed by atoms with Crippen molar-refractivity contribution in [3.8, 4) is 0 Å². The van der Waals surface area contributed by atoms with Crippen LogP contribution in [0.3, 0.4) is 0 Å². The predicted molar refractivity (Wildman–Crippen MR) is 166 cm³/mol. The summed E-state index contributed by atoms with van der Waals surface area (Å²) in [7, 11) is 7.50. The zero-order chi connectivity index (χ0) is 29.9. The Hall–Kier alpha value is -2.53. The van der Waals surface area contributed by atoms with Gasteiger partial charge in [0, 0.05) is 44.5 Å². The first-order valence-corrected chi connectivity index (χ1v) is 14.5. The topological polar surface area (TPSA) is 84.9 Å². The van der Waals surface area contributed by atoms with E-state index in [0.717, 1.165) is 28.5 Å². The summed E-state index contributed by atoms with van der Waals surface area (Å²) in [5, 5.41) is 3.29. The van der Waals surface area contributed by atoms with Crippen LogP contribution in [0.15, 0.2) is 52.9 Å². The van der Waals surface area contributed by atoms with E-state index in [9.17, 15) is 4.79 Å². The van der Waals surface area contributed by atoms with Crippen LogP contribution < -0.4 is 10.2 Å². The van der Waals surface area contributed by atoms with Gasteiger partial charge in [0.15, 0.2) is 0 Å². The Morgan fingerprint density at radius 1 is 1.25 bits per heavy atom. The van der Waals surface area contributed by atoms with Crippen LogP contribution in [0.2, 0.25) is 0 Å². The molecule has 0 aromatic heterocycles. The molecular formula is C30H48N4O5S. The average Bonchev–Trinajstić information content (AvgIpc) is 2.91. The Morgan fingerprint density at radius 3 is 2.58 bits per heavy atom. The second-order valence-corrected chi connectivity index (χ2v) is 12.1. The second-order valence-electron chi connectivity index (χ2n) is 10.9. The molecule has 0 radical (unpaired) electrons. The van der Waals surface area contributed by atoms with E-state index in [1.807, 2.05) is 84.9 Å². The lowest BCUT2D eigenvalue weighted by Crippen LogP contribution is -2.40. The molecule has 2 unspecified atom stereocenters. The normalized spacial score (nSPS) is 17.4. The van der Waals surface area contributed by atoms with E-state index in [4.69, 9.17) is 23.9 Å². The van der Waals surface area contributed by atoms with Crippen LogP contribution in [0.1, 0.15) is 41.0 Å². The molecule has 9 nitrogen and oxygen atoms in total. The third kappa shape index (κ3) is 10.1. The van der Waals surface area contributed by atoms with Gasteiger partial charge in [-0.05, 0) is 65.3 Å². The summed E-state index contributed by atoms with van der Waals surface area (Å²) >= 11 is 1.66. The fourth-order valence-corrected chi connectivity index (χ4v) is 4.91. The summed E-state index contributed by atoms with van der Waals surface area (Å²) in [5.74, 6) is 0.938. The Labute approximate surface area is 245 Å². The number of rotatable bonds is 14. The molecule has 1 aromatic carbocycles. The van der Waals surface area contributed by atoms with Crippen molar-refractivity contribution in [2.75, 3.05) is 64.8 Å². The van der Waals surface area contributed by atoms with E-state index < -0.39 is 17.3 Å². The maximum Gasteiger partial charge on any atom is 0.414 e. The molecule has 1 amide bonds. The number of carbonyl (C=O) groups excluding carboxylic acids is 1. The van der Waals surface area contributed by atoms with Crippen LogP contribution in [0.4, 0.5) is 16.2 Å². The zero-order valence-electron chi connectivity index (χ0n) is 25.7. The third-order valence-corrected chi connectivity index (χ3v) is 7.63. The number of aliphatic imine (C=N–C) groups is 1. The molecule has 0 aliphatic carbocycles. The number of likely N-dealkylation sites (N-methyl/N-ethyl adjacent to an activating group) is 1. The van der Waals surface area contributed by atoms with E-state index >= 15 is 0 Å². The van der Waals surface area contributed by atoms with Gasteiger partial charge < -0.3 is 29.2 Å². The van der Waals surface area contributed by atoms with Gasteiger partial charge in [0.2, 0.25) is 0 Å². The van der Waals surface area contributed by atoms with Gasteiger partial charge in [-0.2, -0.15) is 0 Å². The molecule has 0 saturated carbocycles. The van der Waals surface area contributed by atoms with Crippen LogP contribution in [0, 0.1) is 0 Å². The number of thioether (sulfide) groups is 1. The Bertz CT molecular complexity index is 1040. The minimum absolute atomic E-state index is 0.0338. The largest absolute Gasteiger partial charge is 0.443 e. The summed E-state index contributed by atoms with van der Waals surface area (Å²) in [6.45, 7) is 14.7. The molecule has 2 rings (SSSR count). The lowest BCUT2D eigenvalue weighted by atomic mass is 10.0. The van der Waals surface area contributed by atoms with Crippen molar-refractivity contribution in [1.82, 2.24) is 4.90 Å². The van der Waals surface area contributed by atoms with Gasteiger partial charge in [-0.3, -0.25) is 9.89 Å². The Kier molecular flexibility index (Phi) is 13.0. The first-order chi connectivity index (χ1) is 18.8. The van der Waals surface area contributed by atoms with E-state index in [1.165, 1.54) is 0 Å². The van der Waals surface area contributed by atoms with Crippen LogP contribution in [-0.2, 0) is 18.9 Å². The molecule has 1 aliphatic heterocycles. The zero-order valence-corrected chi connectivity index (χ0v) is 26.5. The van der Waals surface area contributed by atoms with Crippen LogP contribution in [0.5, 0.6) is 0 Å². The number of hydrogen-bond acceptors (Lipinski definition) is 9. The van der Waals surface area contributed by atoms with Crippen molar-refractivity contribution in [2.45, 2.75) is 68.6 Å². The predicted octanol–water partition coefficient (Wildman–Crippen LogP) is 5.82. The van der Waals surface area contributed by atoms with Gasteiger partial charge >= 0.3 is 6.09 Å². The number of dihydropyridines is 1. The van der Waals surface area contributed by atoms with Gasteiger partial charge in [-0.25, -0.2) is 4.79 Å². The van der Waals surface area contributed by atoms with E-state index in [2.05, 4.69) is 18.0 Å². The first kappa shape index (κ1) is 33.7. The summed E-state index contributed by atoms with van der Waals surface area (Å²) in [6, 6.07) is 5.91. The first-order valence-electron chi connectivity index (χ1n) is 13.6. The summed E-state index contributed by atoms with van der Waals surface area (Å²) in [4.78, 5) is 22.8. The molecule has 10 heteroatoms. The number of nitrogens with one attached hydrogen (secondary N) is 1. The molecule has 0 saturated heterocycles. The van der Waals surface area contributed by atoms with E-state index in [1.54, 1.807) is 29.8 Å². The molecule has 1 aromatic rings. The lowest BCUT2D eigenvalue weighted by molar-refractivity contribution is -0.0931. The molecule has 224 valence electrons. The minimum atomic E-state index is -0.631. The average molecular weight is 577 g/mol. The smallest absolute Gasteiger partial charge is 0.414 e. The molecule has 3 atom stereocenters. The number of nitrogens with zero attached hydrogens (tertiary/aromatic N) is 3. The van der Waals surface area contributed by atoms with Gasteiger partial charge in [-0.15, -0.1) is 6.58 Å². The number of anilines is 2. The fourth-order valence-electron chi connectivity index (χ4n) is 3.77. The van der Waals surface area contributed by atoms with Gasteiger partial charge in [0.05, 0.1) is 32.5 Å². The second kappa shape index (κ2) is 15.5. The maximum absolute atomic E-state index is 13.3. The monoisotopic (exact) mass is 576 g/mol. The highest BCUT2D eigenvalue weighted by Gasteiger charge is 2.28. The van der Waals surface area contributed by atoms with E-state index in [-0.39, 0.29) is 11.5 Å². The van der Waals surface area contributed by atoms with Crippen molar-refractivity contribution >= 4 is 35.1 Å². The van der Waals surface area contributed by atoms with Gasteiger partial charge in [-0.1, -0.05) is 23.9 Å². The highest BCUT2D eigenvalue weighted by atomic mass is 32.2. The standard InChI is InChI=1S/C30H48N4O5S/c1-11-30(6,36-10)22(2)38-20-19-37-18-17-34(28(35)39-29(3,4)5)23-15-16-24(31-7)25(21-23)40-27-14-12-13-26(32-27)33(8)9/h11-13,15-16,21-22,27,31H,1,14,17-20H2,2-10H3/t22-,27?,30?/m0/s1. The maximum atomic E-state index is 13.3. The van der Waals surface area contributed by atoms with Crippen molar-refractivity contribution < 1.29 is 23.7 Å². The van der Waals surface area contributed by atoms with Crippen LogP contribution in [0.25, 0.3) is 0 Å². The van der Waals surface area contributed by atoms with Crippen molar-refractivity contribution in [2.24, 2.45) is 4.99 Å². The number of carbonyl (C=O) groups is 1. The molecule has 1 aliphatic rings. The van der Waals surface area contributed by atoms with Crippen molar-refractivity contribution in [3.05, 3.63) is 43.0 Å². The number of hydrogen-bond donors (Lipinski definition) is 1. The number of ether oxygens (including phenoxy) is 4. The van der Waals surface area contributed by atoms with Crippen molar-refractivity contribution in [1.29, 1.82) is 0 Å². The third-order valence-electron chi connectivity index (χ3n) is 6.47. The van der Waals surface area contributed by atoms with E-state index in [0.29, 0.717) is 26.4 Å². The molecule has 0 fully saturated rings. The van der Waals surface area contributed by atoms with Gasteiger partial charge in [0.25, 0.3) is 0 Å². The number of amidine groups is 1. The molecule has 1 N–H and O–H groups in total. The van der Waals surface area contributed by atoms with Gasteiger partial charge in [0.1, 0.15) is 22.4 Å². The molecule has 0 bridgehead atoms. The number of benzene rings is 1. The van der Waals surface area contributed by atoms with Crippen LogP contribution >= 0.6 is 11.8 Å². The highest BCUT2D eigenvalue weighted by Crippen LogP contribution is 2.37. The van der Waals surface area contributed by atoms with Crippen molar-refractivity contribution in [3.63, 3.8) is 0 Å². The minimum Gasteiger partial charge on any atom is -0.443 e. The molecule has 40 heavy (non-hydrogen) atoms. The Balaban J connectivity index is 2.13. The number of methoxy groups -OCH3 is 1. The SMILES string of the molecule is C=CC(C)(OC)[C@H](C)OCCOCCN(C(=O)OC(C)(C)C)c1ccc(NC)c(SC2CC=CC(N(C)C)=N2)c1. The Morgan fingerprint density at radius 2 is 1.98 bits per heavy atom. The quantitative estimate of drug-likeness (QED) is 0.219. The summed E-state index contributed by atoms with van der Waals surface area (Å²) in [6.07, 6.45) is 6.14. The molecular weight excluding hydrogens is 528 g/mol. The lowest BCUT2D eigenvalue weighted by Gasteiger charge is -2.31. The number of amides is 1. The summed E-state index contributed by atoms with van der Waals surface area (Å²) in [5.41, 5.74) is 0.497. The fraction of sp³-hybridized carbons (Fsp3) is 0.600. The molecule has 0 spiro atoms. The summed E-state index contributed by atoms with van der Waals surface area (Å²) < 4.78 is 23.0. The molecule has 1 heterocycles.